The third kappa shape index (κ3) is 4.78. The van der Waals surface area contributed by atoms with Crippen LogP contribution in [0.3, 0.4) is 0 Å². The highest BCUT2D eigenvalue weighted by Crippen LogP contribution is 2.25. The lowest BCUT2D eigenvalue weighted by Gasteiger charge is -2.22. The van der Waals surface area contributed by atoms with Crippen molar-refractivity contribution in [3.63, 3.8) is 0 Å². The minimum atomic E-state index is 0.584. The van der Waals surface area contributed by atoms with Crippen molar-refractivity contribution in [1.29, 1.82) is 0 Å². The quantitative estimate of drug-likeness (QED) is 0.592. The Morgan fingerprint density at radius 3 is 2.44 bits per heavy atom. The Labute approximate surface area is 160 Å². The lowest BCUT2D eigenvalue weighted by molar-refractivity contribution is 0.518. The van der Waals surface area contributed by atoms with E-state index in [2.05, 4.69) is 64.5 Å². The van der Waals surface area contributed by atoms with Crippen molar-refractivity contribution in [3.05, 3.63) is 59.8 Å². The maximum absolute atomic E-state index is 5.35. The second kappa shape index (κ2) is 8.58. The number of aromatic nitrogens is 2. The summed E-state index contributed by atoms with van der Waals surface area (Å²) in [5.74, 6) is 3.10. The molecule has 0 aliphatic carbocycles. The fourth-order valence-electron chi connectivity index (χ4n) is 3.02. The summed E-state index contributed by atoms with van der Waals surface area (Å²) in [5.41, 5.74) is 3.46. The zero-order valence-electron chi connectivity index (χ0n) is 16.4. The molecule has 0 saturated carbocycles. The Bertz CT molecular complexity index is 872. The second-order valence-electron chi connectivity index (χ2n) is 6.42. The summed E-state index contributed by atoms with van der Waals surface area (Å²) in [7, 11) is 0. The second-order valence-corrected chi connectivity index (χ2v) is 6.42. The summed E-state index contributed by atoms with van der Waals surface area (Å²) < 4.78 is 5.35. The molecule has 142 valence electrons. The predicted octanol–water partition coefficient (Wildman–Crippen LogP) is 4.89. The molecule has 0 fully saturated rings. The number of hydrogen-bond acceptors (Lipinski definition) is 6. The normalized spacial score (nSPS) is 10.7. The first-order valence-electron chi connectivity index (χ1n) is 9.33. The molecular weight excluding hydrogens is 338 g/mol. The Morgan fingerprint density at radius 2 is 1.78 bits per heavy atom. The van der Waals surface area contributed by atoms with Crippen LogP contribution < -0.4 is 15.5 Å². The smallest absolute Gasteiger partial charge is 0.136 e. The highest BCUT2D eigenvalue weighted by Gasteiger charge is 2.08. The van der Waals surface area contributed by atoms with Gasteiger partial charge in [0.1, 0.15) is 23.2 Å². The summed E-state index contributed by atoms with van der Waals surface area (Å²) in [6.45, 7) is 10.9. The van der Waals surface area contributed by atoms with E-state index >= 15 is 0 Å². The largest absolute Gasteiger partial charge is 0.467 e. The molecular formula is C21H27N5O. The number of aryl methyl sites for hydroxylation is 2. The fraction of sp³-hybridized carbons (Fsp3) is 0.333. The summed E-state index contributed by atoms with van der Waals surface area (Å²) in [6.07, 6.45) is 1.67. The van der Waals surface area contributed by atoms with Crippen LogP contribution in [-0.4, -0.2) is 23.1 Å². The van der Waals surface area contributed by atoms with Crippen LogP contribution in [0.15, 0.2) is 47.1 Å². The number of nitrogens with one attached hydrogen (secondary N) is 2. The van der Waals surface area contributed by atoms with Crippen molar-refractivity contribution >= 4 is 23.0 Å². The lowest BCUT2D eigenvalue weighted by Crippen LogP contribution is -2.21. The summed E-state index contributed by atoms with van der Waals surface area (Å²) in [6, 6.07) is 12.2. The topological polar surface area (TPSA) is 66.2 Å². The van der Waals surface area contributed by atoms with E-state index in [1.807, 2.05) is 25.1 Å². The zero-order chi connectivity index (χ0) is 19.2. The van der Waals surface area contributed by atoms with Crippen LogP contribution in [-0.2, 0) is 6.54 Å². The van der Waals surface area contributed by atoms with Gasteiger partial charge in [-0.05, 0) is 63.6 Å². The predicted molar refractivity (Wildman–Crippen MR) is 111 cm³/mol. The van der Waals surface area contributed by atoms with Gasteiger partial charge in [0.05, 0.1) is 12.8 Å². The summed E-state index contributed by atoms with van der Waals surface area (Å²) >= 11 is 0. The van der Waals surface area contributed by atoms with E-state index in [1.165, 1.54) is 11.3 Å². The van der Waals surface area contributed by atoms with E-state index in [0.717, 1.165) is 36.2 Å². The molecule has 0 unspecified atom stereocenters. The van der Waals surface area contributed by atoms with Crippen molar-refractivity contribution in [1.82, 2.24) is 9.97 Å². The third-order valence-electron chi connectivity index (χ3n) is 4.46. The molecule has 0 spiro atoms. The van der Waals surface area contributed by atoms with Gasteiger partial charge in [0, 0.05) is 30.5 Å². The average molecular weight is 365 g/mol. The van der Waals surface area contributed by atoms with Gasteiger partial charge >= 0.3 is 0 Å². The molecule has 0 radical (unpaired) electrons. The molecule has 27 heavy (non-hydrogen) atoms. The molecule has 3 aromatic rings. The van der Waals surface area contributed by atoms with Gasteiger partial charge < -0.3 is 20.0 Å². The molecule has 6 nitrogen and oxygen atoms in total. The van der Waals surface area contributed by atoms with Crippen molar-refractivity contribution in [2.75, 3.05) is 28.6 Å². The number of furan rings is 1. The Balaban J connectivity index is 1.75. The van der Waals surface area contributed by atoms with Crippen LogP contribution in [0.1, 0.15) is 31.0 Å². The van der Waals surface area contributed by atoms with Crippen molar-refractivity contribution in [3.8, 4) is 0 Å². The average Bonchev–Trinajstić information content (AvgIpc) is 3.16. The first-order chi connectivity index (χ1) is 13.1. The number of anilines is 4. The van der Waals surface area contributed by atoms with Gasteiger partial charge in [-0.1, -0.05) is 0 Å². The monoisotopic (exact) mass is 365 g/mol. The zero-order valence-corrected chi connectivity index (χ0v) is 16.4. The van der Waals surface area contributed by atoms with E-state index in [0.29, 0.717) is 12.4 Å². The maximum atomic E-state index is 5.35. The number of rotatable bonds is 8. The fourth-order valence-corrected chi connectivity index (χ4v) is 3.02. The molecule has 1 aromatic carbocycles. The van der Waals surface area contributed by atoms with Gasteiger partial charge in [-0.15, -0.1) is 0 Å². The highest BCUT2D eigenvalue weighted by molar-refractivity contribution is 5.66. The van der Waals surface area contributed by atoms with Gasteiger partial charge in [0.2, 0.25) is 0 Å². The molecule has 6 heteroatoms. The number of nitrogens with zero attached hydrogens (tertiary/aromatic N) is 3. The summed E-state index contributed by atoms with van der Waals surface area (Å²) in [5, 5.41) is 6.69. The Kier molecular flexibility index (Phi) is 5.96. The van der Waals surface area contributed by atoms with Crippen LogP contribution in [0.25, 0.3) is 0 Å². The van der Waals surface area contributed by atoms with Crippen molar-refractivity contribution in [2.24, 2.45) is 0 Å². The number of hydrogen-bond donors (Lipinski definition) is 2. The molecule has 0 aliphatic rings. The van der Waals surface area contributed by atoms with Crippen LogP contribution >= 0.6 is 0 Å². The Hall–Kier alpha value is -3.02. The van der Waals surface area contributed by atoms with E-state index in [9.17, 15) is 0 Å². The molecule has 2 N–H and O–H groups in total. The van der Waals surface area contributed by atoms with Crippen LogP contribution in [0.5, 0.6) is 0 Å². The molecule has 0 aliphatic heterocycles. The lowest BCUT2D eigenvalue weighted by atomic mass is 10.1. The summed E-state index contributed by atoms with van der Waals surface area (Å²) in [4.78, 5) is 11.3. The van der Waals surface area contributed by atoms with E-state index in [1.54, 1.807) is 6.26 Å². The minimum Gasteiger partial charge on any atom is -0.467 e. The number of benzene rings is 1. The maximum Gasteiger partial charge on any atom is 0.136 e. The third-order valence-corrected chi connectivity index (χ3v) is 4.46. The first-order valence-corrected chi connectivity index (χ1v) is 9.33. The van der Waals surface area contributed by atoms with E-state index in [4.69, 9.17) is 4.42 Å². The van der Waals surface area contributed by atoms with Crippen molar-refractivity contribution in [2.45, 2.75) is 34.2 Å². The highest BCUT2D eigenvalue weighted by atomic mass is 16.3. The van der Waals surface area contributed by atoms with Crippen molar-refractivity contribution < 1.29 is 4.42 Å². The van der Waals surface area contributed by atoms with Gasteiger partial charge in [-0.25, -0.2) is 9.97 Å². The van der Waals surface area contributed by atoms with E-state index < -0.39 is 0 Å². The minimum absolute atomic E-state index is 0.584. The van der Waals surface area contributed by atoms with E-state index in [-0.39, 0.29) is 0 Å². The molecule has 0 bridgehead atoms. The molecule has 3 rings (SSSR count). The Morgan fingerprint density at radius 1 is 1.00 bits per heavy atom. The van der Waals surface area contributed by atoms with Crippen LogP contribution in [0, 0.1) is 13.8 Å². The van der Waals surface area contributed by atoms with Gasteiger partial charge in [0.15, 0.2) is 0 Å². The van der Waals surface area contributed by atoms with Gasteiger partial charge in [0.25, 0.3) is 0 Å². The van der Waals surface area contributed by atoms with Crippen LogP contribution in [0.4, 0.5) is 23.0 Å². The standard InChI is InChI=1S/C21H27N5O/c1-5-26(6-2)17-9-10-19(15(3)12-17)25-21-13-20(23-16(4)24-21)22-14-18-8-7-11-27-18/h7-13H,5-6,14H2,1-4H3,(H2,22,23,24,25). The SMILES string of the molecule is CCN(CC)c1ccc(Nc2cc(NCc3ccco3)nc(C)n2)c(C)c1. The molecule has 2 heterocycles. The molecule has 0 atom stereocenters. The van der Waals surface area contributed by atoms with Gasteiger partial charge in [-0.2, -0.15) is 0 Å². The molecule has 0 saturated heterocycles. The molecule has 0 amide bonds. The molecule has 2 aromatic heterocycles. The first kappa shape index (κ1) is 18.8. The van der Waals surface area contributed by atoms with Gasteiger partial charge in [-0.3, -0.25) is 0 Å². The van der Waals surface area contributed by atoms with Crippen LogP contribution in [0.2, 0.25) is 0 Å².